The first-order valence-corrected chi connectivity index (χ1v) is 14.0. The van der Waals surface area contributed by atoms with Gasteiger partial charge in [0.1, 0.15) is 23.0 Å². The van der Waals surface area contributed by atoms with Crippen LogP contribution >= 0.6 is 0 Å². The van der Waals surface area contributed by atoms with Gasteiger partial charge in [-0.15, -0.1) is 0 Å². The Balaban J connectivity index is 1.65. The van der Waals surface area contributed by atoms with Crippen LogP contribution in [0, 0.1) is 5.82 Å². The first-order valence-electron chi connectivity index (χ1n) is 14.0. The van der Waals surface area contributed by atoms with E-state index in [0.717, 1.165) is 12.1 Å². The van der Waals surface area contributed by atoms with Gasteiger partial charge >= 0.3 is 18.1 Å². The van der Waals surface area contributed by atoms with Crippen molar-refractivity contribution in [3.63, 3.8) is 0 Å². The lowest BCUT2D eigenvalue weighted by Crippen LogP contribution is -2.47. The van der Waals surface area contributed by atoms with Crippen LogP contribution in [-0.4, -0.2) is 47.3 Å². The van der Waals surface area contributed by atoms with Crippen molar-refractivity contribution in [3.05, 3.63) is 83.3 Å². The van der Waals surface area contributed by atoms with E-state index in [1.807, 2.05) is 0 Å². The number of hydrogen-bond acceptors (Lipinski definition) is 7. The predicted molar refractivity (Wildman–Crippen MR) is 154 cm³/mol. The number of anilines is 2. The van der Waals surface area contributed by atoms with Crippen molar-refractivity contribution in [2.45, 2.75) is 70.0 Å². The van der Waals surface area contributed by atoms with Gasteiger partial charge in [-0.25, -0.2) is 14.2 Å². The summed E-state index contributed by atoms with van der Waals surface area (Å²) in [4.78, 5) is 30.5. The van der Waals surface area contributed by atoms with Gasteiger partial charge in [-0.1, -0.05) is 12.1 Å². The second-order valence-corrected chi connectivity index (χ2v) is 11.4. The molecule has 0 aliphatic carbocycles. The molecule has 1 aromatic heterocycles. The van der Waals surface area contributed by atoms with Gasteiger partial charge in [0, 0.05) is 24.5 Å². The SMILES string of the molecule is CC(C)(C)OC(=O)C(Oc1cc(NC(=O)c2cccnc2NCc2ccc(F)cc2)ccc1C(F)(F)C(F)(F)F)C1CCCN1. The second kappa shape index (κ2) is 13.3. The van der Waals surface area contributed by atoms with Crippen molar-refractivity contribution in [2.75, 3.05) is 17.2 Å². The fraction of sp³-hybridized carbons (Fsp3) is 0.387. The van der Waals surface area contributed by atoms with E-state index >= 15 is 0 Å². The Morgan fingerprint density at radius 1 is 1.04 bits per heavy atom. The standard InChI is InChI=1S/C31H32F6N4O4/c1-29(2,3)45-28(43)25(23-7-5-14-38-23)44-24-16-20(12-13-22(24)30(33,34)31(35,36)37)41-27(42)21-6-4-15-39-26(21)40-17-18-8-10-19(32)11-9-18/h4,6,8-13,15-16,23,25,38H,5,7,14,17H2,1-3H3,(H,39,40)(H,41,42). The van der Waals surface area contributed by atoms with Crippen molar-refractivity contribution in [1.29, 1.82) is 0 Å². The Bertz CT molecular complexity index is 1500. The number of carbonyl (C=O) groups excluding carboxylic acids is 2. The van der Waals surface area contributed by atoms with Crippen molar-refractivity contribution >= 4 is 23.4 Å². The fourth-order valence-electron chi connectivity index (χ4n) is 4.59. The number of aromatic nitrogens is 1. The Kier molecular flexibility index (Phi) is 9.95. The number of rotatable bonds is 10. The molecule has 4 rings (SSSR count). The molecule has 1 aliphatic heterocycles. The van der Waals surface area contributed by atoms with E-state index in [-0.39, 0.29) is 23.6 Å². The molecule has 2 heterocycles. The fourth-order valence-corrected chi connectivity index (χ4v) is 4.59. The van der Waals surface area contributed by atoms with E-state index in [2.05, 4.69) is 20.9 Å². The van der Waals surface area contributed by atoms with E-state index in [1.54, 1.807) is 20.8 Å². The van der Waals surface area contributed by atoms with E-state index in [1.165, 1.54) is 42.6 Å². The number of carbonyl (C=O) groups is 2. The lowest BCUT2D eigenvalue weighted by molar-refractivity contribution is -0.289. The molecule has 0 spiro atoms. The Hall–Kier alpha value is -4.33. The van der Waals surface area contributed by atoms with Gasteiger partial charge < -0.3 is 25.4 Å². The number of nitrogens with one attached hydrogen (secondary N) is 3. The molecule has 45 heavy (non-hydrogen) atoms. The quantitative estimate of drug-likeness (QED) is 0.170. The van der Waals surface area contributed by atoms with Gasteiger partial charge in [0.25, 0.3) is 5.91 Å². The first-order chi connectivity index (χ1) is 21.0. The zero-order chi connectivity index (χ0) is 33.0. The van der Waals surface area contributed by atoms with Gasteiger partial charge in [0.2, 0.25) is 6.10 Å². The number of amides is 1. The van der Waals surface area contributed by atoms with Crippen molar-refractivity contribution in [1.82, 2.24) is 10.3 Å². The summed E-state index contributed by atoms with van der Waals surface area (Å²) in [5, 5.41) is 8.42. The molecule has 1 amide bonds. The van der Waals surface area contributed by atoms with E-state index in [9.17, 15) is 35.9 Å². The third kappa shape index (κ3) is 8.44. The summed E-state index contributed by atoms with van der Waals surface area (Å²) in [5.41, 5.74) is -2.02. The Morgan fingerprint density at radius 3 is 2.38 bits per heavy atom. The third-order valence-corrected chi connectivity index (χ3v) is 6.72. The van der Waals surface area contributed by atoms with Crippen molar-refractivity contribution in [3.8, 4) is 5.75 Å². The molecule has 8 nitrogen and oxygen atoms in total. The minimum absolute atomic E-state index is 0.0218. The lowest BCUT2D eigenvalue weighted by Gasteiger charge is -2.30. The molecule has 242 valence electrons. The minimum Gasteiger partial charge on any atom is -0.476 e. The molecule has 0 saturated carbocycles. The van der Waals surface area contributed by atoms with E-state index in [4.69, 9.17) is 9.47 Å². The van der Waals surface area contributed by atoms with Crippen LogP contribution < -0.4 is 20.7 Å². The summed E-state index contributed by atoms with van der Waals surface area (Å²) < 4.78 is 94.2. The maximum Gasteiger partial charge on any atom is 0.458 e. The molecule has 3 aromatic rings. The number of nitrogens with zero attached hydrogens (tertiary/aromatic N) is 1. The maximum absolute atomic E-state index is 14.7. The minimum atomic E-state index is -5.98. The lowest BCUT2D eigenvalue weighted by atomic mass is 10.0. The number of benzene rings is 2. The van der Waals surface area contributed by atoms with Crippen LogP contribution in [0.2, 0.25) is 0 Å². The molecule has 3 N–H and O–H groups in total. The van der Waals surface area contributed by atoms with Crippen LogP contribution in [0.3, 0.4) is 0 Å². The maximum atomic E-state index is 14.7. The number of esters is 1. The number of alkyl halides is 5. The molecule has 14 heteroatoms. The average Bonchev–Trinajstić information content (AvgIpc) is 3.49. The van der Waals surface area contributed by atoms with Crippen LogP contribution in [0.1, 0.15) is 55.1 Å². The second-order valence-electron chi connectivity index (χ2n) is 11.4. The molecule has 0 radical (unpaired) electrons. The van der Waals surface area contributed by atoms with E-state index in [0.29, 0.717) is 31.0 Å². The van der Waals surface area contributed by atoms with Crippen LogP contribution in [0.25, 0.3) is 0 Å². The molecule has 2 atom stereocenters. The zero-order valence-electron chi connectivity index (χ0n) is 24.6. The highest BCUT2D eigenvalue weighted by atomic mass is 19.4. The van der Waals surface area contributed by atoms with Crippen molar-refractivity contribution < 1.29 is 45.4 Å². The summed E-state index contributed by atoms with van der Waals surface area (Å²) in [7, 11) is 0. The Morgan fingerprint density at radius 2 is 1.76 bits per heavy atom. The van der Waals surface area contributed by atoms with Crippen LogP contribution in [0.5, 0.6) is 5.75 Å². The summed E-state index contributed by atoms with van der Waals surface area (Å²) in [6.45, 7) is 5.37. The summed E-state index contributed by atoms with van der Waals surface area (Å²) in [6.07, 6.45) is -5.15. The molecule has 1 fully saturated rings. The summed E-state index contributed by atoms with van der Waals surface area (Å²) in [6, 6.07) is 9.95. The van der Waals surface area contributed by atoms with Gasteiger partial charge in [-0.3, -0.25) is 4.79 Å². The van der Waals surface area contributed by atoms with E-state index < -0.39 is 58.9 Å². The highest BCUT2D eigenvalue weighted by Crippen LogP contribution is 2.48. The number of hydrogen-bond donors (Lipinski definition) is 3. The van der Waals surface area contributed by atoms with Gasteiger partial charge in [-0.2, -0.15) is 22.0 Å². The molecule has 1 saturated heterocycles. The zero-order valence-corrected chi connectivity index (χ0v) is 24.6. The highest BCUT2D eigenvalue weighted by molar-refractivity contribution is 6.07. The van der Waals surface area contributed by atoms with Gasteiger partial charge in [0.05, 0.1) is 17.2 Å². The normalized spacial score (nSPS) is 16.2. The van der Waals surface area contributed by atoms with Gasteiger partial charge in [0.15, 0.2) is 0 Å². The monoisotopic (exact) mass is 638 g/mol. The number of halogens is 6. The summed E-state index contributed by atoms with van der Waals surface area (Å²) >= 11 is 0. The van der Waals surface area contributed by atoms with Crippen LogP contribution in [0.15, 0.2) is 60.8 Å². The molecular weight excluding hydrogens is 606 g/mol. The molecule has 2 aromatic carbocycles. The highest BCUT2D eigenvalue weighted by Gasteiger charge is 2.60. The first kappa shape index (κ1) is 33.6. The molecule has 0 bridgehead atoms. The molecular formula is C31H32F6N4O4. The number of pyridine rings is 1. The third-order valence-electron chi connectivity index (χ3n) is 6.72. The van der Waals surface area contributed by atoms with Crippen molar-refractivity contribution in [2.24, 2.45) is 0 Å². The smallest absolute Gasteiger partial charge is 0.458 e. The Labute approximate surface area is 255 Å². The average molecular weight is 639 g/mol. The van der Waals surface area contributed by atoms with Crippen LogP contribution in [0.4, 0.5) is 37.8 Å². The largest absolute Gasteiger partial charge is 0.476 e. The van der Waals surface area contributed by atoms with Crippen LogP contribution in [-0.2, 0) is 22.0 Å². The molecule has 2 unspecified atom stereocenters. The molecule has 1 aliphatic rings. The topological polar surface area (TPSA) is 102 Å². The van der Waals surface area contributed by atoms with Gasteiger partial charge in [-0.05, 0) is 82.1 Å². The predicted octanol–water partition coefficient (Wildman–Crippen LogP) is 6.58. The number of ether oxygens (including phenoxy) is 2. The summed E-state index contributed by atoms with van der Waals surface area (Å²) in [5.74, 6) is -8.32.